The first kappa shape index (κ1) is 20.1. The average molecular weight is 404 g/mol. The Morgan fingerprint density at radius 3 is 2.46 bits per heavy atom. The highest BCUT2D eigenvalue weighted by atomic mass is 32.2. The van der Waals surface area contributed by atoms with E-state index >= 15 is 0 Å². The van der Waals surface area contributed by atoms with Crippen LogP contribution < -0.4 is 5.32 Å². The van der Waals surface area contributed by atoms with Crippen molar-refractivity contribution in [1.82, 2.24) is 19.8 Å². The number of amides is 2. The van der Waals surface area contributed by atoms with E-state index in [1.165, 1.54) is 4.90 Å². The molecule has 1 fully saturated rings. The number of carbonyl (C=O) groups is 2. The summed E-state index contributed by atoms with van der Waals surface area (Å²) in [7, 11) is -3.06. The Kier molecular flexibility index (Phi) is 5.55. The summed E-state index contributed by atoms with van der Waals surface area (Å²) in [6.45, 7) is 5.66. The molecule has 2 amide bonds. The van der Waals surface area contributed by atoms with Crippen molar-refractivity contribution in [2.75, 3.05) is 24.6 Å². The van der Waals surface area contributed by atoms with Gasteiger partial charge >= 0.3 is 0 Å². The molecule has 0 aliphatic carbocycles. The molecular formula is C19H24N4O4S. The van der Waals surface area contributed by atoms with E-state index in [4.69, 9.17) is 0 Å². The molecule has 0 bridgehead atoms. The lowest BCUT2D eigenvalue weighted by Crippen LogP contribution is -2.51. The monoisotopic (exact) mass is 404 g/mol. The van der Waals surface area contributed by atoms with Crippen molar-refractivity contribution in [3.63, 3.8) is 0 Å². The summed E-state index contributed by atoms with van der Waals surface area (Å²) in [4.78, 5) is 31.1. The lowest BCUT2D eigenvalue weighted by Gasteiger charge is -2.29. The zero-order valence-electron chi connectivity index (χ0n) is 16.2. The molecule has 1 saturated heterocycles. The van der Waals surface area contributed by atoms with Crippen LogP contribution in [0.15, 0.2) is 30.5 Å². The van der Waals surface area contributed by atoms with Crippen LogP contribution in [0.5, 0.6) is 0 Å². The van der Waals surface area contributed by atoms with Crippen LogP contribution in [0.4, 0.5) is 0 Å². The van der Waals surface area contributed by atoms with Gasteiger partial charge in [-0.15, -0.1) is 0 Å². The number of hydrogen-bond acceptors (Lipinski definition) is 5. The summed E-state index contributed by atoms with van der Waals surface area (Å²) in [6, 6.07) is 6.58. The van der Waals surface area contributed by atoms with Gasteiger partial charge in [0, 0.05) is 30.7 Å². The van der Waals surface area contributed by atoms with Crippen LogP contribution in [-0.2, 0) is 14.6 Å². The summed E-state index contributed by atoms with van der Waals surface area (Å²) in [6.07, 6.45) is 1.69. The van der Waals surface area contributed by atoms with Crippen LogP contribution in [0.3, 0.4) is 0 Å². The minimum absolute atomic E-state index is 0.0371. The molecule has 0 saturated carbocycles. The summed E-state index contributed by atoms with van der Waals surface area (Å²) in [5.41, 5.74) is 2.07. The maximum Gasteiger partial charge on any atom is 0.253 e. The topological polar surface area (TPSA) is 101 Å². The average Bonchev–Trinajstić information content (AvgIpc) is 2.96. The second kappa shape index (κ2) is 7.75. The second-order valence-electron chi connectivity index (χ2n) is 6.98. The van der Waals surface area contributed by atoms with E-state index in [0.717, 1.165) is 17.2 Å². The van der Waals surface area contributed by atoms with E-state index in [1.54, 1.807) is 19.2 Å². The molecule has 2 aromatic heterocycles. The Hall–Kier alpha value is -2.68. The van der Waals surface area contributed by atoms with Gasteiger partial charge in [-0.25, -0.2) is 13.4 Å². The molecule has 1 N–H and O–H groups in total. The molecule has 0 aromatic carbocycles. The normalized spacial score (nSPS) is 17.2. The maximum atomic E-state index is 12.8. The van der Waals surface area contributed by atoms with Crippen molar-refractivity contribution in [2.45, 2.75) is 26.8 Å². The zero-order valence-corrected chi connectivity index (χ0v) is 17.0. The smallest absolute Gasteiger partial charge is 0.253 e. The minimum Gasteiger partial charge on any atom is -0.340 e. The third-order valence-corrected chi connectivity index (χ3v) is 6.54. The van der Waals surface area contributed by atoms with Gasteiger partial charge < -0.3 is 14.8 Å². The summed E-state index contributed by atoms with van der Waals surface area (Å²) in [5, 5.41) is 2.73. The summed E-state index contributed by atoms with van der Waals surface area (Å²) >= 11 is 0. The van der Waals surface area contributed by atoms with Gasteiger partial charge in [-0.1, -0.05) is 6.07 Å². The van der Waals surface area contributed by atoms with Crippen molar-refractivity contribution in [1.29, 1.82) is 0 Å². The van der Waals surface area contributed by atoms with Crippen molar-refractivity contribution >= 4 is 21.7 Å². The lowest BCUT2D eigenvalue weighted by atomic mass is 10.2. The lowest BCUT2D eigenvalue weighted by molar-refractivity contribution is -0.132. The van der Waals surface area contributed by atoms with E-state index in [1.807, 2.05) is 36.6 Å². The van der Waals surface area contributed by atoms with Gasteiger partial charge in [0.25, 0.3) is 5.91 Å². The number of hydrogen-bond donors (Lipinski definition) is 1. The SMILES string of the molecule is Cc1cc(C(=O)NC(C)C(=O)N2CCS(=O)(=O)CC2)c(C)n1-c1ccccn1. The van der Waals surface area contributed by atoms with Crippen LogP contribution in [0, 0.1) is 13.8 Å². The fourth-order valence-corrected chi connectivity index (χ4v) is 4.58. The first-order chi connectivity index (χ1) is 13.2. The molecule has 2 aromatic rings. The third kappa shape index (κ3) is 4.09. The number of aryl methyl sites for hydroxylation is 1. The molecule has 3 rings (SSSR count). The molecule has 28 heavy (non-hydrogen) atoms. The Morgan fingerprint density at radius 2 is 1.86 bits per heavy atom. The number of pyridine rings is 1. The quantitative estimate of drug-likeness (QED) is 0.815. The molecule has 1 aliphatic rings. The van der Waals surface area contributed by atoms with E-state index in [2.05, 4.69) is 10.3 Å². The van der Waals surface area contributed by atoms with E-state index < -0.39 is 15.9 Å². The van der Waals surface area contributed by atoms with Crippen LogP contribution in [-0.4, -0.2) is 65.3 Å². The molecule has 1 atom stereocenters. The number of aromatic nitrogens is 2. The number of rotatable bonds is 4. The van der Waals surface area contributed by atoms with Crippen LogP contribution in [0.2, 0.25) is 0 Å². The molecule has 1 unspecified atom stereocenters. The van der Waals surface area contributed by atoms with Crippen molar-refractivity contribution in [2.24, 2.45) is 0 Å². The largest absolute Gasteiger partial charge is 0.340 e. The molecule has 0 spiro atoms. The number of nitrogens with zero attached hydrogens (tertiary/aromatic N) is 3. The van der Waals surface area contributed by atoms with Gasteiger partial charge in [0.15, 0.2) is 9.84 Å². The number of sulfone groups is 1. The Bertz CT molecular complexity index is 984. The van der Waals surface area contributed by atoms with Gasteiger partial charge in [-0.2, -0.15) is 0 Å². The van der Waals surface area contributed by atoms with Crippen molar-refractivity contribution in [3.8, 4) is 5.82 Å². The Labute approximate surface area is 164 Å². The highest BCUT2D eigenvalue weighted by molar-refractivity contribution is 7.91. The van der Waals surface area contributed by atoms with Gasteiger partial charge in [-0.05, 0) is 39.0 Å². The van der Waals surface area contributed by atoms with Gasteiger partial charge in [0.2, 0.25) is 5.91 Å². The van der Waals surface area contributed by atoms with Crippen LogP contribution in [0.25, 0.3) is 5.82 Å². The standard InChI is InChI=1S/C19H24N4O4S/c1-13-12-16(15(3)23(13)17-6-4-5-7-20-17)18(24)21-14(2)19(25)22-8-10-28(26,27)11-9-22/h4-7,12,14H,8-11H2,1-3H3,(H,21,24). The first-order valence-corrected chi connectivity index (χ1v) is 10.9. The Morgan fingerprint density at radius 1 is 1.18 bits per heavy atom. The van der Waals surface area contributed by atoms with E-state index in [-0.39, 0.29) is 36.4 Å². The molecule has 3 heterocycles. The third-order valence-electron chi connectivity index (χ3n) is 4.93. The zero-order chi connectivity index (χ0) is 20.5. The first-order valence-electron chi connectivity index (χ1n) is 9.10. The predicted octanol–water partition coefficient (Wildman–Crippen LogP) is 0.864. The second-order valence-corrected chi connectivity index (χ2v) is 9.28. The number of nitrogens with one attached hydrogen (secondary N) is 1. The van der Waals surface area contributed by atoms with Crippen molar-refractivity contribution < 1.29 is 18.0 Å². The maximum absolute atomic E-state index is 12.8. The van der Waals surface area contributed by atoms with Crippen molar-refractivity contribution in [3.05, 3.63) is 47.4 Å². The Balaban J connectivity index is 1.72. The number of carbonyl (C=O) groups excluding carboxylic acids is 2. The van der Waals surface area contributed by atoms with Gasteiger partial charge in [-0.3, -0.25) is 9.59 Å². The summed E-state index contributed by atoms with van der Waals surface area (Å²) in [5.74, 6) is 0.0210. The van der Waals surface area contributed by atoms with Crippen LogP contribution in [0.1, 0.15) is 28.7 Å². The minimum atomic E-state index is -3.06. The fourth-order valence-electron chi connectivity index (χ4n) is 3.37. The van der Waals surface area contributed by atoms with Crippen LogP contribution >= 0.6 is 0 Å². The molecule has 0 radical (unpaired) electrons. The molecule has 1 aliphatic heterocycles. The molecular weight excluding hydrogens is 380 g/mol. The van der Waals surface area contributed by atoms with E-state index in [9.17, 15) is 18.0 Å². The van der Waals surface area contributed by atoms with Gasteiger partial charge in [0.1, 0.15) is 11.9 Å². The highest BCUT2D eigenvalue weighted by Gasteiger charge is 2.29. The fraction of sp³-hybridized carbons (Fsp3) is 0.421. The predicted molar refractivity (Wildman–Crippen MR) is 105 cm³/mol. The molecule has 150 valence electrons. The molecule has 9 heteroatoms. The van der Waals surface area contributed by atoms with E-state index in [0.29, 0.717) is 5.56 Å². The summed E-state index contributed by atoms with van der Waals surface area (Å²) < 4.78 is 24.9. The highest BCUT2D eigenvalue weighted by Crippen LogP contribution is 2.19. The molecule has 8 nitrogen and oxygen atoms in total. The van der Waals surface area contributed by atoms with Gasteiger partial charge in [0.05, 0.1) is 17.1 Å².